The number of nitrogens with one attached hydrogen (secondary N) is 1. The molecule has 0 bridgehead atoms. The van der Waals surface area contributed by atoms with Gasteiger partial charge in [-0.25, -0.2) is 0 Å². The van der Waals surface area contributed by atoms with Crippen molar-refractivity contribution in [3.05, 3.63) is 52.2 Å². The van der Waals surface area contributed by atoms with E-state index in [0.717, 1.165) is 33.6 Å². The topological polar surface area (TPSA) is 77.2 Å². The highest BCUT2D eigenvalue weighted by Crippen LogP contribution is 2.42. The molecular formula is C20H21N3O2S. The molecule has 1 aromatic carbocycles. The van der Waals surface area contributed by atoms with Crippen LogP contribution in [0, 0.1) is 13.8 Å². The molecule has 0 saturated heterocycles. The first-order chi connectivity index (χ1) is 12.5. The van der Waals surface area contributed by atoms with Crippen molar-refractivity contribution in [1.82, 2.24) is 10.3 Å². The summed E-state index contributed by atoms with van der Waals surface area (Å²) >= 11 is 1.42. The van der Waals surface area contributed by atoms with Crippen molar-refractivity contribution in [3.8, 4) is 5.75 Å². The number of rotatable bonds is 4. The molecule has 2 atom stereocenters. The second kappa shape index (κ2) is 6.29. The number of amides is 1. The van der Waals surface area contributed by atoms with Crippen LogP contribution in [0.4, 0.5) is 5.69 Å². The van der Waals surface area contributed by atoms with Gasteiger partial charge in [0.2, 0.25) is 0 Å². The standard InChI is InChI=1S/C20H21N3O2S/c1-10-8-15-17(21)19(26-18(15)11(2)22-10)20(24)23-16-9-14(16)12-4-6-13(25-3)7-5-12/h4-8,14,16H,9,21H2,1-3H3,(H,23,24). The van der Waals surface area contributed by atoms with Crippen LogP contribution in [0.5, 0.6) is 5.75 Å². The minimum absolute atomic E-state index is 0.0956. The zero-order chi connectivity index (χ0) is 18.4. The monoisotopic (exact) mass is 367 g/mol. The quantitative estimate of drug-likeness (QED) is 0.735. The maximum absolute atomic E-state index is 12.7. The first kappa shape index (κ1) is 16.8. The molecule has 0 spiro atoms. The van der Waals surface area contributed by atoms with E-state index in [1.807, 2.05) is 32.0 Å². The van der Waals surface area contributed by atoms with Gasteiger partial charge in [-0.05, 0) is 44.0 Å². The summed E-state index contributed by atoms with van der Waals surface area (Å²) in [5.74, 6) is 1.10. The van der Waals surface area contributed by atoms with Crippen molar-refractivity contribution in [1.29, 1.82) is 0 Å². The molecule has 1 aliphatic carbocycles. The van der Waals surface area contributed by atoms with E-state index in [-0.39, 0.29) is 11.9 Å². The Bertz CT molecular complexity index is 994. The number of anilines is 1. The first-order valence-corrected chi connectivity index (χ1v) is 9.40. The van der Waals surface area contributed by atoms with Crippen molar-refractivity contribution >= 4 is 33.0 Å². The Labute approximate surface area is 156 Å². The van der Waals surface area contributed by atoms with E-state index in [9.17, 15) is 4.79 Å². The summed E-state index contributed by atoms with van der Waals surface area (Å²) < 4.78 is 6.18. The lowest BCUT2D eigenvalue weighted by Gasteiger charge is -2.05. The Kier molecular flexibility index (Phi) is 4.07. The largest absolute Gasteiger partial charge is 0.497 e. The number of pyridine rings is 1. The van der Waals surface area contributed by atoms with E-state index in [1.54, 1.807) is 7.11 Å². The number of aromatic nitrogens is 1. The predicted octanol–water partition coefficient (Wildman–Crippen LogP) is 3.79. The number of ether oxygens (including phenoxy) is 1. The minimum Gasteiger partial charge on any atom is -0.497 e. The van der Waals surface area contributed by atoms with Gasteiger partial charge in [0.15, 0.2) is 0 Å². The second-order valence-electron chi connectivity index (χ2n) is 6.77. The Morgan fingerprint density at radius 3 is 2.73 bits per heavy atom. The van der Waals surface area contributed by atoms with Crippen molar-refractivity contribution in [2.24, 2.45) is 0 Å². The number of benzene rings is 1. The third kappa shape index (κ3) is 2.90. The predicted molar refractivity (Wildman–Crippen MR) is 105 cm³/mol. The summed E-state index contributed by atoms with van der Waals surface area (Å²) in [5, 5.41) is 4.05. The molecule has 2 unspecified atom stereocenters. The summed E-state index contributed by atoms with van der Waals surface area (Å²) in [6.07, 6.45) is 0.947. The van der Waals surface area contributed by atoms with E-state index < -0.39 is 0 Å². The Morgan fingerprint density at radius 2 is 2.04 bits per heavy atom. The van der Waals surface area contributed by atoms with E-state index in [2.05, 4.69) is 22.4 Å². The van der Waals surface area contributed by atoms with Gasteiger partial charge in [0.25, 0.3) is 5.91 Å². The van der Waals surface area contributed by atoms with Crippen LogP contribution in [0.2, 0.25) is 0 Å². The lowest BCUT2D eigenvalue weighted by molar-refractivity contribution is 0.0955. The molecule has 1 aliphatic rings. The number of nitrogens with zero attached hydrogens (tertiary/aromatic N) is 1. The normalized spacial score (nSPS) is 18.7. The molecule has 3 N–H and O–H groups in total. The number of nitrogen functional groups attached to an aromatic ring is 1. The number of aryl methyl sites for hydroxylation is 2. The fourth-order valence-corrected chi connectivity index (χ4v) is 4.45. The molecule has 5 nitrogen and oxygen atoms in total. The molecule has 26 heavy (non-hydrogen) atoms. The molecule has 4 rings (SSSR count). The lowest BCUT2D eigenvalue weighted by atomic mass is 10.1. The third-order valence-electron chi connectivity index (χ3n) is 4.87. The number of carbonyl (C=O) groups is 1. The van der Waals surface area contributed by atoms with Crippen LogP contribution in [-0.4, -0.2) is 24.0 Å². The summed E-state index contributed by atoms with van der Waals surface area (Å²) in [7, 11) is 1.66. The highest BCUT2D eigenvalue weighted by atomic mass is 32.1. The molecule has 1 saturated carbocycles. The lowest BCUT2D eigenvalue weighted by Crippen LogP contribution is -2.26. The molecule has 2 aromatic heterocycles. The molecule has 2 heterocycles. The molecule has 0 radical (unpaired) electrons. The molecule has 6 heteroatoms. The molecular weight excluding hydrogens is 346 g/mol. The Balaban J connectivity index is 1.51. The number of hydrogen-bond acceptors (Lipinski definition) is 5. The average Bonchev–Trinajstić information content (AvgIpc) is 3.30. The number of thiophene rings is 1. The van der Waals surface area contributed by atoms with Gasteiger partial charge in [-0.1, -0.05) is 12.1 Å². The van der Waals surface area contributed by atoms with Gasteiger partial charge < -0.3 is 15.8 Å². The smallest absolute Gasteiger partial charge is 0.263 e. The van der Waals surface area contributed by atoms with Crippen LogP contribution in [0.25, 0.3) is 10.1 Å². The molecule has 1 amide bonds. The number of carbonyl (C=O) groups excluding carboxylic acids is 1. The maximum Gasteiger partial charge on any atom is 0.263 e. The average molecular weight is 367 g/mol. The second-order valence-corrected chi connectivity index (χ2v) is 7.79. The minimum atomic E-state index is -0.0956. The highest BCUT2D eigenvalue weighted by molar-refractivity contribution is 7.21. The summed E-state index contributed by atoms with van der Waals surface area (Å²) in [6, 6.07) is 10.1. The van der Waals surface area contributed by atoms with Gasteiger partial charge in [0, 0.05) is 23.0 Å². The third-order valence-corrected chi connectivity index (χ3v) is 6.20. The molecule has 3 aromatic rings. The Hall–Kier alpha value is -2.60. The maximum atomic E-state index is 12.7. The molecule has 134 valence electrons. The van der Waals surface area contributed by atoms with Crippen LogP contribution in [-0.2, 0) is 0 Å². The van der Waals surface area contributed by atoms with E-state index >= 15 is 0 Å². The van der Waals surface area contributed by atoms with Crippen LogP contribution >= 0.6 is 11.3 Å². The molecule has 1 fully saturated rings. The van der Waals surface area contributed by atoms with Gasteiger partial charge in [-0.2, -0.15) is 0 Å². The van der Waals surface area contributed by atoms with Crippen LogP contribution in [0.15, 0.2) is 30.3 Å². The number of nitrogens with two attached hydrogens (primary N) is 1. The van der Waals surface area contributed by atoms with Crippen LogP contribution in [0.1, 0.15) is 39.0 Å². The van der Waals surface area contributed by atoms with Gasteiger partial charge in [-0.3, -0.25) is 9.78 Å². The van der Waals surface area contributed by atoms with E-state index in [4.69, 9.17) is 10.5 Å². The van der Waals surface area contributed by atoms with Crippen molar-refractivity contribution in [2.75, 3.05) is 12.8 Å². The van der Waals surface area contributed by atoms with Gasteiger partial charge >= 0.3 is 0 Å². The van der Waals surface area contributed by atoms with E-state index in [1.165, 1.54) is 16.9 Å². The number of hydrogen-bond donors (Lipinski definition) is 2. The van der Waals surface area contributed by atoms with Crippen LogP contribution < -0.4 is 15.8 Å². The Morgan fingerprint density at radius 1 is 1.31 bits per heavy atom. The van der Waals surface area contributed by atoms with Gasteiger partial charge in [0.05, 0.1) is 23.2 Å². The summed E-state index contributed by atoms with van der Waals surface area (Å²) in [5.41, 5.74) is 9.86. The van der Waals surface area contributed by atoms with Crippen molar-refractivity contribution in [3.63, 3.8) is 0 Å². The zero-order valence-electron chi connectivity index (χ0n) is 15.0. The zero-order valence-corrected chi connectivity index (χ0v) is 15.8. The number of methoxy groups -OCH3 is 1. The van der Waals surface area contributed by atoms with Crippen molar-refractivity contribution in [2.45, 2.75) is 32.2 Å². The molecule has 0 aliphatic heterocycles. The van der Waals surface area contributed by atoms with Gasteiger partial charge in [0.1, 0.15) is 10.6 Å². The SMILES string of the molecule is COc1ccc(C2CC2NC(=O)c2sc3c(C)nc(C)cc3c2N)cc1. The highest BCUT2D eigenvalue weighted by Gasteiger charge is 2.40. The van der Waals surface area contributed by atoms with Crippen molar-refractivity contribution < 1.29 is 9.53 Å². The van der Waals surface area contributed by atoms with Crippen LogP contribution in [0.3, 0.4) is 0 Å². The fourth-order valence-electron chi connectivity index (χ4n) is 3.40. The summed E-state index contributed by atoms with van der Waals surface area (Å²) in [6.45, 7) is 3.89. The van der Waals surface area contributed by atoms with E-state index in [0.29, 0.717) is 16.5 Å². The fraction of sp³-hybridized carbons (Fsp3) is 0.300. The first-order valence-electron chi connectivity index (χ1n) is 8.59. The van der Waals surface area contributed by atoms with Gasteiger partial charge in [-0.15, -0.1) is 11.3 Å². The number of fused-ring (bicyclic) bond motifs is 1. The summed E-state index contributed by atoms with van der Waals surface area (Å²) in [4.78, 5) is 17.8.